The van der Waals surface area contributed by atoms with E-state index in [0.29, 0.717) is 105 Å². The van der Waals surface area contributed by atoms with Crippen LogP contribution in [0, 0.1) is 144 Å². The smallest absolute Gasteiger partial charge is 0.347 e. The van der Waals surface area contributed by atoms with Crippen LogP contribution < -0.4 is 0 Å². The maximum absolute atomic E-state index is 12.4. The van der Waals surface area contributed by atoms with Gasteiger partial charge in [0.15, 0.2) is 13.6 Å². The number of aliphatic hydroxyl groups is 1. The molecule has 16 bridgehead atoms. The van der Waals surface area contributed by atoms with E-state index < -0.39 is 56.8 Å². The van der Waals surface area contributed by atoms with Gasteiger partial charge in [0.1, 0.15) is 5.60 Å². The summed E-state index contributed by atoms with van der Waals surface area (Å²) in [6.07, 6.45) is 32.8. The third-order valence-corrected chi connectivity index (χ3v) is 33.7. The fourth-order valence-electron chi connectivity index (χ4n) is 23.5. The first-order chi connectivity index (χ1) is 59.5. The number of rotatable bonds is 23. The molecule has 16 aliphatic carbocycles. The van der Waals surface area contributed by atoms with Crippen LogP contribution in [0.25, 0.3) is 0 Å². The van der Waals surface area contributed by atoms with Gasteiger partial charge in [-0.15, -0.1) is 0 Å². The van der Waals surface area contributed by atoms with Crippen molar-refractivity contribution < 1.29 is 119 Å². The van der Waals surface area contributed by atoms with E-state index in [9.17, 15) is 57.8 Å². The number of cyclic esters (lactones) is 4. The van der Waals surface area contributed by atoms with E-state index in [1.54, 1.807) is 27.7 Å². The van der Waals surface area contributed by atoms with E-state index in [4.69, 9.17) is 52.1 Å². The quantitative estimate of drug-likeness (QED) is 0.0564. The highest BCUT2D eigenvalue weighted by Crippen LogP contribution is 2.61. The highest BCUT2D eigenvalue weighted by Gasteiger charge is 2.61. The maximum atomic E-state index is 12.4. The van der Waals surface area contributed by atoms with E-state index in [-0.39, 0.29) is 83.7 Å². The van der Waals surface area contributed by atoms with Gasteiger partial charge in [-0.1, -0.05) is 48.5 Å². The van der Waals surface area contributed by atoms with Crippen molar-refractivity contribution in [2.75, 3.05) is 54.2 Å². The molecule has 4 heterocycles. The lowest BCUT2D eigenvalue weighted by Gasteiger charge is -2.59. The molecular weight excluding hydrogens is 1630 g/mol. The van der Waals surface area contributed by atoms with E-state index in [2.05, 4.69) is 9.47 Å². The van der Waals surface area contributed by atoms with Crippen LogP contribution in [-0.4, -0.2) is 161 Å². The molecule has 0 aromatic carbocycles. The minimum atomic E-state index is -0.687. The number of hydrogen-bond donors (Lipinski definition) is 1. The van der Waals surface area contributed by atoms with Crippen molar-refractivity contribution in [1.82, 2.24) is 0 Å². The second kappa shape index (κ2) is 43.8. The molecule has 25 nitrogen and oxygen atoms in total. The predicted octanol–water partition coefficient (Wildman–Crippen LogP) is 18.7. The first-order valence-corrected chi connectivity index (χ1v) is 49.3. The highest BCUT2D eigenvalue weighted by molar-refractivity contribution is 5.84. The predicted molar refractivity (Wildman–Crippen MR) is 475 cm³/mol. The van der Waals surface area contributed by atoms with Crippen LogP contribution in [0.4, 0.5) is 0 Å². The molecule has 25 heteroatoms. The topological polar surface area (TPSA) is 328 Å². The molecule has 16 saturated carbocycles. The minimum Gasteiger partial charge on any atom is -0.469 e. The third-order valence-electron chi connectivity index (χ3n) is 33.7. The monoisotopic (exact) mass is 1790 g/mol. The van der Waals surface area contributed by atoms with Crippen LogP contribution >= 0.6 is 0 Å². The normalized spacial score (nSPS) is 34.5. The van der Waals surface area contributed by atoms with Crippen molar-refractivity contribution in [2.24, 2.45) is 144 Å². The van der Waals surface area contributed by atoms with Gasteiger partial charge in [-0.2, -0.15) is 0 Å². The molecule has 0 spiro atoms. The lowest BCUT2D eigenvalue weighted by atomic mass is 9.52. The molecule has 20 aliphatic rings. The van der Waals surface area contributed by atoms with Crippen molar-refractivity contribution in [3.05, 3.63) is 0 Å². The highest BCUT2D eigenvalue weighted by atomic mass is 16.7. The number of carbonyl (C=O) groups is 11. The summed E-state index contributed by atoms with van der Waals surface area (Å²) in [6, 6.07) is 0. The Balaban J connectivity index is 0.000000164. The zero-order valence-corrected chi connectivity index (χ0v) is 82.1. The van der Waals surface area contributed by atoms with Crippen molar-refractivity contribution in [3.63, 3.8) is 0 Å². The second-order valence-electron chi connectivity index (χ2n) is 45.6. The number of carbonyl (C=O) groups excluding carboxylic acids is 11. The van der Waals surface area contributed by atoms with Gasteiger partial charge in [-0.05, 0) is 360 Å². The van der Waals surface area contributed by atoms with Gasteiger partial charge >= 0.3 is 65.7 Å². The first kappa shape index (κ1) is 105. The Labute approximate surface area is 760 Å². The van der Waals surface area contributed by atoms with Crippen molar-refractivity contribution >= 4 is 65.7 Å². The molecule has 127 heavy (non-hydrogen) atoms. The molecule has 0 amide bonds. The molecule has 20 fully saturated rings. The lowest BCUT2D eigenvalue weighted by molar-refractivity contribution is -0.225. The molecule has 0 aromatic rings. The SMILES string of the molecule is CCC(C)(C)C(=O)OC.CCC(C)(C)C(=O)OC.CCC(C)(C)C(=O)OC12CC3CC(CC(O)(C3)C1)C2.CCC(C)(C)C(=O)OC1CCOC1=O.CCC(C)(C)C(=O)OC1CCOC1=O.CCC(C)(C)C(=O)OCOC1C2CC3CC(C2)CC1C3.CCC(C)(C)C(=O)OCOC1C2CC3CC(C2)CC1C3.O=C1OCC2C3CCC(C3)C12.O=C1OCC2C3CCC(C3)C12. The number of fused-ring (bicyclic) bond motifs is 10. The van der Waals surface area contributed by atoms with Gasteiger partial charge in [0, 0.05) is 31.1 Å². The summed E-state index contributed by atoms with van der Waals surface area (Å²) >= 11 is 0. The Bertz CT molecular complexity index is 3460. The van der Waals surface area contributed by atoms with Crippen LogP contribution in [0.1, 0.15) is 344 Å². The summed E-state index contributed by atoms with van der Waals surface area (Å²) in [5, 5.41) is 10.6. The van der Waals surface area contributed by atoms with Gasteiger partial charge in [0.05, 0.1) is 108 Å². The van der Waals surface area contributed by atoms with Gasteiger partial charge in [-0.3, -0.25) is 43.2 Å². The Morgan fingerprint density at radius 3 is 0.906 bits per heavy atom. The van der Waals surface area contributed by atoms with Crippen molar-refractivity contribution in [2.45, 2.75) is 380 Å². The summed E-state index contributed by atoms with van der Waals surface area (Å²) in [5.41, 5.74) is -3.79. The van der Waals surface area contributed by atoms with Crippen LogP contribution in [-0.2, 0) is 114 Å². The van der Waals surface area contributed by atoms with Gasteiger partial charge in [0.25, 0.3) is 0 Å². The van der Waals surface area contributed by atoms with Crippen LogP contribution in [0.15, 0.2) is 0 Å². The largest absolute Gasteiger partial charge is 0.469 e. The number of methoxy groups -OCH3 is 2. The summed E-state index contributed by atoms with van der Waals surface area (Å²) in [4.78, 5) is 126. The molecule has 20 rings (SSSR count). The molecule has 0 radical (unpaired) electrons. The second-order valence-corrected chi connectivity index (χ2v) is 45.6. The minimum absolute atomic E-state index is 0.0828. The van der Waals surface area contributed by atoms with Crippen LogP contribution in [0.2, 0.25) is 0 Å². The standard InChI is InChI=1S/2C17H28O3.C16H26O3.2C10H16O4.2C9H12O2.2C7H14O2/c2*1-4-17(2,3)16(18)20-10-19-15-13-6-11-5-12(8-13)9-14(15)7-11;1-4-14(2,3)13(17)19-16-8-11-5-12(9-16)7-15(18,6-11)10-16;2*1-4-10(2,3)9(12)14-7-5-6-13-8(7)11;2*10-9-8-6-2-1-5(3-6)7(8)4-11-9;2*1-5-7(2,3)6(8)9-4/h2*11-15H,4-10H2,1-3H3;11-12,18H,4-10H2,1-3H3;2*7H,4-6H2,1-3H3;2*5-8H,1-4H2;2*5H2,1-4H3. The Morgan fingerprint density at radius 2 is 0.630 bits per heavy atom. The lowest BCUT2D eigenvalue weighted by Crippen LogP contribution is -2.61. The third kappa shape index (κ3) is 26.3. The molecule has 12 unspecified atom stereocenters. The number of esters is 11. The van der Waals surface area contributed by atoms with E-state index in [0.717, 1.165) is 130 Å². The molecular formula is C102H166O25. The first-order valence-electron chi connectivity index (χ1n) is 49.3. The van der Waals surface area contributed by atoms with Gasteiger partial charge in [-0.25, -0.2) is 9.59 Å². The average Bonchev–Trinajstić information content (AvgIpc) is 1.51. The van der Waals surface area contributed by atoms with Crippen molar-refractivity contribution in [3.8, 4) is 0 Å². The molecule has 1 N–H and O–H groups in total. The summed E-state index contributed by atoms with van der Waals surface area (Å²) < 4.78 is 67.4. The summed E-state index contributed by atoms with van der Waals surface area (Å²) in [6.45, 7) is 42.6. The summed E-state index contributed by atoms with van der Waals surface area (Å²) in [7, 11) is 2.83. The zero-order valence-electron chi connectivity index (χ0n) is 82.1. The van der Waals surface area contributed by atoms with Gasteiger partial charge in [0.2, 0.25) is 12.2 Å². The fraction of sp³-hybridized carbons (Fsp3) is 0.892. The Morgan fingerprint density at radius 1 is 0.339 bits per heavy atom. The van der Waals surface area contributed by atoms with Crippen molar-refractivity contribution in [1.29, 1.82) is 0 Å². The number of hydrogen-bond acceptors (Lipinski definition) is 25. The average molecular weight is 1790 g/mol. The molecule has 4 saturated heterocycles. The van der Waals surface area contributed by atoms with E-state index in [1.807, 2.05) is 118 Å². The van der Waals surface area contributed by atoms with E-state index >= 15 is 0 Å². The van der Waals surface area contributed by atoms with Crippen LogP contribution in [0.5, 0.6) is 0 Å². The summed E-state index contributed by atoms with van der Waals surface area (Å²) in [5.74, 6) is 10.8. The Hall–Kier alpha value is -5.95. The molecule has 0 aromatic heterocycles. The van der Waals surface area contributed by atoms with E-state index in [1.165, 1.54) is 123 Å². The fourth-order valence-corrected chi connectivity index (χ4v) is 23.5. The molecule has 12 atom stereocenters. The molecule has 724 valence electrons. The number of ether oxygens (including phenoxy) is 13. The Kier molecular flexibility index (Phi) is 36.1. The molecule has 4 aliphatic heterocycles. The van der Waals surface area contributed by atoms with Gasteiger partial charge < -0.3 is 66.7 Å². The van der Waals surface area contributed by atoms with Crippen LogP contribution in [0.3, 0.4) is 0 Å². The maximum Gasteiger partial charge on any atom is 0.347 e. The zero-order chi connectivity index (χ0) is 93.9.